The Hall–Kier alpha value is -3.63. The van der Waals surface area contributed by atoms with Gasteiger partial charge in [-0.1, -0.05) is 0 Å². The quantitative estimate of drug-likeness (QED) is 0.679. The van der Waals surface area contributed by atoms with E-state index in [9.17, 15) is 9.90 Å². The van der Waals surface area contributed by atoms with Gasteiger partial charge < -0.3 is 24.4 Å². The molecule has 11 heteroatoms. The summed E-state index contributed by atoms with van der Waals surface area (Å²) in [6.45, 7) is 1.30. The van der Waals surface area contributed by atoms with E-state index in [1.165, 1.54) is 19.1 Å². The van der Waals surface area contributed by atoms with Crippen LogP contribution in [-0.4, -0.2) is 81.3 Å². The van der Waals surface area contributed by atoms with E-state index in [-0.39, 0.29) is 6.04 Å². The van der Waals surface area contributed by atoms with Crippen LogP contribution >= 0.6 is 0 Å². The Balaban J connectivity index is 1.70. The number of imidazole rings is 1. The van der Waals surface area contributed by atoms with E-state index >= 15 is 0 Å². The number of ether oxygens (including phenoxy) is 2. The van der Waals surface area contributed by atoms with Crippen molar-refractivity contribution < 1.29 is 19.4 Å². The number of carboxylic acid groups (broad SMARTS) is 1. The van der Waals surface area contributed by atoms with Crippen molar-refractivity contribution in [2.75, 3.05) is 39.3 Å². The van der Waals surface area contributed by atoms with Gasteiger partial charge in [0, 0.05) is 26.2 Å². The molecule has 1 aliphatic heterocycles. The molecule has 29 heavy (non-hydrogen) atoms. The standard InChI is InChI=1S/C18H21N7O4/c1-23(18(26)27)11-6-7-24(10-11)15-5-4-14-19-9-13(25(14)22-15)12-8-16(28-2)20-21-17(12)29-3/h4-5,8-9,11H,6-7,10H2,1-3H3,(H,26,27). The molecule has 0 radical (unpaired) electrons. The first kappa shape index (κ1) is 18.7. The fraction of sp³-hybridized carbons (Fsp3) is 0.389. The van der Waals surface area contributed by atoms with Crippen LogP contribution in [0, 0.1) is 0 Å². The Labute approximate surface area is 166 Å². The van der Waals surface area contributed by atoms with Crippen LogP contribution in [0.2, 0.25) is 0 Å². The van der Waals surface area contributed by atoms with Crippen LogP contribution in [0.25, 0.3) is 16.9 Å². The molecule has 1 unspecified atom stereocenters. The van der Waals surface area contributed by atoms with Gasteiger partial charge in [0.2, 0.25) is 11.8 Å². The topological polar surface area (TPSA) is 118 Å². The molecule has 3 aromatic rings. The highest BCUT2D eigenvalue weighted by Crippen LogP contribution is 2.31. The predicted molar refractivity (Wildman–Crippen MR) is 104 cm³/mol. The van der Waals surface area contributed by atoms with Crippen LogP contribution < -0.4 is 14.4 Å². The first-order valence-corrected chi connectivity index (χ1v) is 9.03. The van der Waals surface area contributed by atoms with Gasteiger partial charge in [0.25, 0.3) is 0 Å². The number of fused-ring (bicyclic) bond motifs is 1. The first-order valence-electron chi connectivity index (χ1n) is 9.03. The van der Waals surface area contributed by atoms with Crippen molar-refractivity contribution in [3.63, 3.8) is 0 Å². The molecular weight excluding hydrogens is 378 g/mol. The normalized spacial score (nSPS) is 16.2. The van der Waals surface area contributed by atoms with Gasteiger partial charge in [-0.25, -0.2) is 14.3 Å². The Morgan fingerprint density at radius 2 is 2.10 bits per heavy atom. The zero-order chi connectivity index (χ0) is 20.5. The van der Waals surface area contributed by atoms with Gasteiger partial charge >= 0.3 is 6.09 Å². The summed E-state index contributed by atoms with van der Waals surface area (Å²) in [5.41, 5.74) is 2.01. The van der Waals surface area contributed by atoms with Gasteiger partial charge in [-0.15, -0.1) is 15.3 Å². The number of nitrogens with zero attached hydrogens (tertiary/aromatic N) is 7. The van der Waals surface area contributed by atoms with Crippen LogP contribution in [0.3, 0.4) is 0 Å². The molecule has 0 bridgehead atoms. The molecule has 1 saturated heterocycles. The number of methoxy groups -OCH3 is 2. The highest BCUT2D eigenvalue weighted by Gasteiger charge is 2.29. The number of hydrogen-bond acceptors (Lipinski definition) is 8. The second-order valence-electron chi connectivity index (χ2n) is 6.70. The van der Waals surface area contributed by atoms with E-state index in [1.807, 2.05) is 12.1 Å². The Bertz CT molecular complexity index is 1050. The van der Waals surface area contributed by atoms with Crippen molar-refractivity contribution in [3.05, 3.63) is 24.4 Å². The Kier molecular flexibility index (Phi) is 4.79. The van der Waals surface area contributed by atoms with Crippen LogP contribution in [0.15, 0.2) is 24.4 Å². The largest absolute Gasteiger partial charge is 0.480 e. The van der Waals surface area contributed by atoms with E-state index in [0.717, 1.165) is 18.8 Å². The molecule has 1 fully saturated rings. The van der Waals surface area contributed by atoms with Crippen molar-refractivity contribution in [2.24, 2.45) is 0 Å². The maximum atomic E-state index is 11.2. The van der Waals surface area contributed by atoms with Gasteiger partial charge in [0.15, 0.2) is 5.65 Å². The number of carbonyl (C=O) groups is 1. The summed E-state index contributed by atoms with van der Waals surface area (Å²) >= 11 is 0. The van der Waals surface area contributed by atoms with Crippen LogP contribution in [-0.2, 0) is 0 Å². The van der Waals surface area contributed by atoms with Gasteiger partial charge in [0.05, 0.1) is 37.7 Å². The number of likely N-dealkylation sites (N-methyl/N-ethyl adjacent to an activating group) is 1. The minimum atomic E-state index is -0.927. The van der Waals surface area contributed by atoms with Crippen molar-refractivity contribution in [1.29, 1.82) is 0 Å². The third kappa shape index (κ3) is 3.35. The van der Waals surface area contributed by atoms with Crippen LogP contribution in [0.5, 0.6) is 11.8 Å². The molecule has 1 aliphatic rings. The Morgan fingerprint density at radius 3 is 2.83 bits per heavy atom. The number of aromatic nitrogens is 5. The fourth-order valence-corrected chi connectivity index (χ4v) is 3.43. The molecule has 4 heterocycles. The summed E-state index contributed by atoms with van der Waals surface area (Å²) in [6.07, 6.45) is 1.51. The van der Waals surface area contributed by atoms with Gasteiger partial charge in [0.1, 0.15) is 5.82 Å². The molecule has 0 aromatic carbocycles. The van der Waals surface area contributed by atoms with Crippen LogP contribution in [0.4, 0.5) is 10.6 Å². The van der Waals surface area contributed by atoms with Gasteiger partial charge in [-0.3, -0.25) is 0 Å². The second-order valence-corrected chi connectivity index (χ2v) is 6.70. The maximum Gasteiger partial charge on any atom is 0.407 e. The minimum absolute atomic E-state index is 0.0685. The van der Waals surface area contributed by atoms with E-state index < -0.39 is 6.09 Å². The van der Waals surface area contributed by atoms with E-state index in [4.69, 9.17) is 14.6 Å². The van der Waals surface area contributed by atoms with E-state index in [2.05, 4.69) is 20.1 Å². The molecule has 0 spiro atoms. The minimum Gasteiger partial charge on any atom is -0.480 e. The summed E-state index contributed by atoms with van der Waals surface area (Å²) in [5, 5.41) is 21.9. The average Bonchev–Trinajstić information content (AvgIpc) is 3.39. The number of amides is 1. The summed E-state index contributed by atoms with van der Waals surface area (Å²) in [4.78, 5) is 19.1. The van der Waals surface area contributed by atoms with Crippen LogP contribution in [0.1, 0.15) is 6.42 Å². The SMILES string of the molecule is COc1cc(-c2cnc3ccc(N4CCC(N(C)C(=O)O)C4)nn23)c(OC)nn1. The highest BCUT2D eigenvalue weighted by molar-refractivity contribution is 5.69. The lowest BCUT2D eigenvalue weighted by molar-refractivity contribution is 0.142. The average molecular weight is 399 g/mol. The highest BCUT2D eigenvalue weighted by atomic mass is 16.5. The molecule has 152 valence electrons. The van der Waals surface area contributed by atoms with Gasteiger partial charge in [-0.2, -0.15) is 0 Å². The monoisotopic (exact) mass is 399 g/mol. The molecule has 0 saturated carbocycles. The molecular formula is C18H21N7O4. The van der Waals surface area contributed by atoms with E-state index in [0.29, 0.717) is 35.2 Å². The lowest BCUT2D eigenvalue weighted by Gasteiger charge is -2.22. The zero-order valence-corrected chi connectivity index (χ0v) is 16.3. The van der Waals surface area contributed by atoms with Crippen molar-refractivity contribution in [3.8, 4) is 23.0 Å². The lowest BCUT2D eigenvalue weighted by Crippen LogP contribution is -2.38. The lowest BCUT2D eigenvalue weighted by atomic mass is 10.2. The molecule has 1 N–H and O–H groups in total. The number of rotatable bonds is 5. The fourth-order valence-electron chi connectivity index (χ4n) is 3.43. The molecule has 11 nitrogen and oxygen atoms in total. The summed E-state index contributed by atoms with van der Waals surface area (Å²) in [7, 11) is 4.63. The predicted octanol–water partition coefficient (Wildman–Crippen LogP) is 1.39. The third-order valence-electron chi connectivity index (χ3n) is 5.10. The number of anilines is 1. The first-order chi connectivity index (χ1) is 14.0. The van der Waals surface area contributed by atoms with Gasteiger partial charge in [-0.05, 0) is 18.6 Å². The maximum absolute atomic E-state index is 11.2. The number of hydrogen-bond donors (Lipinski definition) is 1. The smallest absolute Gasteiger partial charge is 0.407 e. The molecule has 1 atom stereocenters. The van der Waals surface area contributed by atoms with Crippen molar-refractivity contribution in [2.45, 2.75) is 12.5 Å². The zero-order valence-electron chi connectivity index (χ0n) is 16.3. The molecule has 3 aromatic heterocycles. The van der Waals surface area contributed by atoms with Crippen molar-refractivity contribution >= 4 is 17.6 Å². The summed E-state index contributed by atoms with van der Waals surface area (Å²) < 4.78 is 12.2. The third-order valence-corrected chi connectivity index (χ3v) is 5.10. The van der Waals surface area contributed by atoms with Crippen molar-refractivity contribution in [1.82, 2.24) is 29.7 Å². The Morgan fingerprint density at radius 1 is 1.28 bits per heavy atom. The van der Waals surface area contributed by atoms with E-state index in [1.54, 1.807) is 23.8 Å². The summed E-state index contributed by atoms with van der Waals surface area (Å²) in [5.74, 6) is 1.43. The molecule has 0 aliphatic carbocycles. The molecule has 1 amide bonds. The summed E-state index contributed by atoms with van der Waals surface area (Å²) in [6, 6.07) is 5.41. The second kappa shape index (κ2) is 7.41. The molecule has 4 rings (SSSR count).